The zero-order valence-corrected chi connectivity index (χ0v) is 12.3. The summed E-state index contributed by atoms with van der Waals surface area (Å²) < 4.78 is 4.97. The van der Waals surface area contributed by atoms with Gasteiger partial charge in [-0.15, -0.1) is 0 Å². The van der Waals surface area contributed by atoms with E-state index >= 15 is 0 Å². The van der Waals surface area contributed by atoms with Crippen molar-refractivity contribution in [1.29, 1.82) is 0 Å². The molecule has 0 radical (unpaired) electrons. The molecule has 0 saturated carbocycles. The van der Waals surface area contributed by atoms with Crippen molar-refractivity contribution in [3.8, 4) is 0 Å². The molecule has 2 N–H and O–H groups in total. The lowest BCUT2D eigenvalue weighted by molar-refractivity contribution is 0.0527. The van der Waals surface area contributed by atoms with Gasteiger partial charge in [0, 0.05) is 18.1 Å². The van der Waals surface area contributed by atoms with Crippen molar-refractivity contribution in [2.75, 3.05) is 11.9 Å². The van der Waals surface area contributed by atoms with Crippen LogP contribution in [0.3, 0.4) is 0 Å². The monoisotopic (exact) mass is 307 g/mol. The highest BCUT2D eigenvalue weighted by Gasteiger charge is 2.19. The summed E-state index contributed by atoms with van der Waals surface area (Å²) in [5.41, 5.74) is 1.64. The Morgan fingerprint density at radius 1 is 1.43 bits per heavy atom. The van der Waals surface area contributed by atoms with Gasteiger partial charge in [-0.1, -0.05) is 11.6 Å². The maximum atomic E-state index is 12.1. The molecular weight excluding hydrogens is 294 g/mol. The Morgan fingerprint density at radius 2 is 2.19 bits per heavy atom. The largest absolute Gasteiger partial charge is 0.462 e. The number of halogens is 1. The number of ether oxygens (including phenoxy) is 1. The van der Waals surface area contributed by atoms with Gasteiger partial charge in [0.1, 0.15) is 10.7 Å². The highest BCUT2D eigenvalue weighted by Crippen LogP contribution is 2.21. The van der Waals surface area contributed by atoms with Gasteiger partial charge in [-0.05, 0) is 26.0 Å². The van der Waals surface area contributed by atoms with E-state index in [2.05, 4.69) is 15.3 Å². The molecule has 110 valence electrons. The third kappa shape index (κ3) is 3.41. The number of pyridine rings is 1. The second kappa shape index (κ2) is 6.41. The van der Waals surface area contributed by atoms with Crippen molar-refractivity contribution >= 4 is 29.2 Å². The first-order chi connectivity index (χ1) is 10.0. The van der Waals surface area contributed by atoms with E-state index in [4.69, 9.17) is 16.3 Å². The van der Waals surface area contributed by atoms with Crippen molar-refractivity contribution < 1.29 is 14.3 Å². The van der Waals surface area contributed by atoms with Crippen LogP contribution in [0.4, 0.5) is 5.69 Å². The Morgan fingerprint density at radius 3 is 2.81 bits per heavy atom. The predicted octanol–water partition coefficient (Wildman–Crippen LogP) is 2.80. The minimum atomic E-state index is -0.485. The van der Waals surface area contributed by atoms with Crippen LogP contribution in [0.25, 0.3) is 0 Å². The van der Waals surface area contributed by atoms with E-state index in [1.807, 2.05) is 0 Å². The molecule has 0 aliphatic heterocycles. The maximum absolute atomic E-state index is 12.1. The van der Waals surface area contributed by atoms with Gasteiger partial charge in [-0.3, -0.25) is 4.79 Å². The van der Waals surface area contributed by atoms with Crippen LogP contribution in [0, 0.1) is 6.92 Å². The SMILES string of the molecule is CCOC(=O)c1c(NC(=O)c2ccc(Cl)nc2)c[nH]c1C. The molecule has 0 unspecified atom stereocenters. The fourth-order valence-corrected chi connectivity index (χ4v) is 1.91. The highest BCUT2D eigenvalue weighted by atomic mass is 35.5. The number of anilines is 1. The van der Waals surface area contributed by atoms with Crippen molar-refractivity contribution in [3.63, 3.8) is 0 Å². The first-order valence-corrected chi connectivity index (χ1v) is 6.68. The molecule has 7 heteroatoms. The lowest BCUT2D eigenvalue weighted by Gasteiger charge is -2.07. The molecule has 2 rings (SSSR count). The average Bonchev–Trinajstić information content (AvgIpc) is 2.80. The Hall–Kier alpha value is -2.34. The van der Waals surface area contributed by atoms with Gasteiger partial charge in [-0.2, -0.15) is 0 Å². The Bertz CT molecular complexity index is 665. The lowest BCUT2D eigenvalue weighted by atomic mass is 10.2. The number of nitrogens with one attached hydrogen (secondary N) is 2. The number of aromatic nitrogens is 2. The van der Waals surface area contributed by atoms with Crippen LogP contribution < -0.4 is 5.32 Å². The third-order valence-electron chi connectivity index (χ3n) is 2.79. The van der Waals surface area contributed by atoms with E-state index in [9.17, 15) is 9.59 Å². The molecule has 2 aromatic rings. The van der Waals surface area contributed by atoms with E-state index in [0.717, 1.165) is 0 Å². The minimum absolute atomic E-state index is 0.262. The van der Waals surface area contributed by atoms with Gasteiger partial charge in [0.25, 0.3) is 5.91 Å². The summed E-state index contributed by atoms with van der Waals surface area (Å²) in [6.07, 6.45) is 2.91. The van der Waals surface area contributed by atoms with Gasteiger partial charge in [0.15, 0.2) is 0 Å². The Labute approximate surface area is 126 Å². The van der Waals surface area contributed by atoms with Crippen molar-refractivity contribution in [3.05, 3.63) is 46.5 Å². The molecule has 6 nitrogen and oxygen atoms in total. The second-order valence-corrected chi connectivity index (χ2v) is 4.63. The number of rotatable bonds is 4. The average molecular weight is 308 g/mol. The molecule has 0 aliphatic rings. The second-order valence-electron chi connectivity index (χ2n) is 4.25. The fraction of sp³-hybridized carbons (Fsp3) is 0.214. The summed E-state index contributed by atoms with van der Waals surface area (Å²) in [5, 5.41) is 2.95. The quantitative estimate of drug-likeness (QED) is 0.672. The summed E-state index contributed by atoms with van der Waals surface area (Å²) in [7, 11) is 0. The van der Waals surface area contributed by atoms with Gasteiger partial charge in [0.2, 0.25) is 0 Å². The number of hydrogen-bond acceptors (Lipinski definition) is 4. The van der Waals surface area contributed by atoms with Crippen molar-refractivity contribution in [1.82, 2.24) is 9.97 Å². The van der Waals surface area contributed by atoms with Gasteiger partial charge < -0.3 is 15.0 Å². The van der Waals surface area contributed by atoms with E-state index in [0.29, 0.717) is 27.7 Å². The number of carbonyl (C=O) groups is 2. The van der Waals surface area contributed by atoms with E-state index in [-0.39, 0.29) is 12.5 Å². The minimum Gasteiger partial charge on any atom is -0.462 e. The Kier molecular flexibility index (Phi) is 4.59. The summed E-state index contributed by atoms with van der Waals surface area (Å²) in [5.74, 6) is -0.871. The van der Waals surface area contributed by atoms with Crippen molar-refractivity contribution in [2.45, 2.75) is 13.8 Å². The number of carbonyl (C=O) groups excluding carboxylic acids is 2. The van der Waals surface area contributed by atoms with Crippen LogP contribution in [-0.2, 0) is 4.74 Å². The van der Waals surface area contributed by atoms with E-state index in [1.54, 1.807) is 26.1 Å². The Balaban J connectivity index is 2.22. The standard InChI is InChI=1S/C14H14ClN3O3/c1-3-21-14(20)12-8(2)16-7-10(12)18-13(19)9-4-5-11(15)17-6-9/h4-7,16H,3H2,1-2H3,(H,18,19). The molecule has 21 heavy (non-hydrogen) atoms. The molecule has 0 spiro atoms. The van der Waals surface area contributed by atoms with Crippen LogP contribution in [0.1, 0.15) is 33.3 Å². The number of nitrogens with zero attached hydrogens (tertiary/aromatic N) is 1. The topological polar surface area (TPSA) is 84.1 Å². The van der Waals surface area contributed by atoms with Crippen LogP contribution in [0.2, 0.25) is 5.15 Å². The van der Waals surface area contributed by atoms with Gasteiger partial charge >= 0.3 is 5.97 Å². The number of H-pyrrole nitrogens is 1. The molecule has 0 aromatic carbocycles. The summed E-state index contributed by atoms with van der Waals surface area (Å²) >= 11 is 5.67. The molecular formula is C14H14ClN3O3. The zero-order valence-electron chi connectivity index (χ0n) is 11.6. The first kappa shape index (κ1) is 15.1. The lowest BCUT2D eigenvalue weighted by Crippen LogP contribution is -2.15. The number of amides is 1. The number of hydrogen-bond donors (Lipinski definition) is 2. The molecule has 0 fully saturated rings. The normalized spacial score (nSPS) is 10.2. The predicted molar refractivity (Wildman–Crippen MR) is 78.7 cm³/mol. The summed E-state index contributed by atoms with van der Waals surface area (Å²) in [4.78, 5) is 30.7. The molecule has 0 aliphatic carbocycles. The van der Waals surface area contributed by atoms with Crippen LogP contribution >= 0.6 is 11.6 Å². The molecule has 0 atom stereocenters. The van der Waals surface area contributed by atoms with E-state index < -0.39 is 5.97 Å². The maximum Gasteiger partial charge on any atom is 0.342 e. The molecule has 0 saturated heterocycles. The molecule has 1 amide bonds. The van der Waals surface area contributed by atoms with Gasteiger partial charge in [-0.25, -0.2) is 9.78 Å². The third-order valence-corrected chi connectivity index (χ3v) is 3.02. The van der Waals surface area contributed by atoms with Gasteiger partial charge in [0.05, 0.1) is 17.9 Å². The summed E-state index contributed by atoms with van der Waals surface area (Å²) in [6, 6.07) is 3.07. The van der Waals surface area contributed by atoms with E-state index in [1.165, 1.54) is 12.3 Å². The van der Waals surface area contributed by atoms with Crippen LogP contribution in [0.15, 0.2) is 24.5 Å². The smallest absolute Gasteiger partial charge is 0.342 e. The molecule has 0 bridgehead atoms. The number of aromatic amines is 1. The number of esters is 1. The summed E-state index contributed by atoms with van der Waals surface area (Å²) in [6.45, 7) is 3.71. The zero-order chi connectivity index (χ0) is 15.4. The van der Waals surface area contributed by atoms with Crippen molar-refractivity contribution in [2.24, 2.45) is 0 Å². The fourth-order valence-electron chi connectivity index (χ4n) is 1.80. The highest BCUT2D eigenvalue weighted by molar-refractivity contribution is 6.29. The number of aryl methyl sites for hydroxylation is 1. The molecule has 2 aromatic heterocycles. The van der Waals surface area contributed by atoms with Crippen LogP contribution in [-0.4, -0.2) is 28.5 Å². The van der Waals surface area contributed by atoms with Crippen LogP contribution in [0.5, 0.6) is 0 Å². The first-order valence-electron chi connectivity index (χ1n) is 6.31. The molecule has 2 heterocycles.